The molecule has 1 aromatic carbocycles. The molecule has 3 heteroatoms. The SMILES string of the molecule is CC1CCC(C)C(Nc2ccccc2CC(N)=O)C1. The highest BCUT2D eigenvalue weighted by atomic mass is 16.1. The number of nitrogens with one attached hydrogen (secondary N) is 1. The van der Waals surface area contributed by atoms with Gasteiger partial charge in [0.1, 0.15) is 0 Å². The summed E-state index contributed by atoms with van der Waals surface area (Å²) in [5.41, 5.74) is 7.37. The lowest BCUT2D eigenvalue weighted by Gasteiger charge is -2.34. The topological polar surface area (TPSA) is 55.1 Å². The van der Waals surface area contributed by atoms with E-state index in [1.54, 1.807) is 0 Å². The van der Waals surface area contributed by atoms with Crippen molar-refractivity contribution < 1.29 is 4.79 Å². The lowest BCUT2D eigenvalue weighted by molar-refractivity contribution is -0.117. The van der Waals surface area contributed by atoms with Crippen molar-refractivity contribution in [1.82, 2.24) is 0 Å². The van der Waals surface area contributed by atoms with Crippen molar-refractivity contribution >= 4 is 11.6 Å². The maximum atomic E-state index is 11.1. The first-order valence-electron chi connectivity index (χ1n) is 7.19. The summed E-state index contributed by atoms with van der Waals surface area (Å²) >= 11 is 0. The van der Waals surface area contributed by atoms with E-state index in [4.69, 9.17) is 5.73 Å². The van der Waals surface area contributed by atoms with Crippen LogP contribution in [0.25, 0.3) is 0 Å². The average molecular weight is 260 g/mol. The molecule has 3 nitrogen and oxygen atoms in total. The van der Waals surface area contributed by atoms with Gasteiger partial charge in [-0.2, -0.15) is 0 Å². The number of rotatable bonds is 4. The monoisotopic (exact) mass is 260 g/mol. The van der Waals surface area contributed by atoms with E-state index in [2.05, 4.69) is 19.2 Å². The van der Waals surface area contributed by atoms with Crippen LogP contribution in [0.4, 0.5) is 5.69 Å². The van der Waals surface area contributed by atoms with Crippen LogP contribution < -0.4 is 11.1 Å². The maximum absolute atomic E-state index is 11.1. The molecule has 19 heavy (non-hydrogen) atoms. The van der Waals surface area contributed by atoms with Gasteiger partial charge in [-0.25, -0.2) is 0 Å². The van der Waals surface area contributed by atoms with E-state index in [-0.39, 0.29) is 5.91 Å². The maximum Gasteiger partial charge on any atom is 0.221 e. The molecule has 2 rings (SSSR count). The van der Waals surface area contributed by atoms with E-state index in [0.29, 0.717) is 18.4 Å². The Kier molecular flexibility index (Phi) is 4.46. The van der Waals surface area contributed by atoms with E-state index in [0.717, 1.165) is 17.2 Å². The third-order valence-electron chi connectivity index (χ3n) is 4.18. The minimum absolute atomic E-state index is 0.278. The lowest BCUT2D eigenvalue weighted by atomic mass is 9.80. The third kappa shape index (κ3) is 3.72. The molecule has 0 bridgehead atoms. The van der Waals surface area contributed by atoms with Gasteiger partial charge < -0.3 is 11.1 Å². The van der Waals surface area contributed by atoms with Gasteiger partial charge >= 0.3 is 0 Å². The van der Waals surface area contributed by atoms with Crippen molar-refractivity contribution in [2.45, 2.75) is 45.6 Å². The van der Waals surface area contributed by atoms with Gasteiger partial charge in [0.05, 0.1) is 6.42 Å². The first-order valence-corrected chi connectivity index (χ1v) is 7.19. The zero-order valence-corrected chi connectivity index (χ0v) is 11.9. The molecule has 1 aliphatic rings. The predicted octanol–water partition coefficient (Wildman–Crippen LogP) is 2.95. The molecule has 0 aliphatic heterocycles. The van der Waals surface area contributed by atoms with Crippen molar-refractivity contribution in [3.63, 3.8) is 0 Å². The third-order valence-corrected chi connectivity index (χ3v) is 4.18. The number of amides is 1. The fraction of sp³-hybridized carbons (Fsp3) is 0.562. The average Bonchev–Trinajstić information content (AvgIpc) is 2.35. The molecule has 0 saturated heterocycles. The van der Waals surface area contributed by atoms with Crippen LogP contribution in [0, 0.1) is 11.8 Å². The summed E-state index contributed by atoms with van der Waals surface area (Å²) in [6.45, 7) is 4.62. The van der Waals surface area contributed by atoms with Gasteiger partial charge in [0, 0.05) is 11.7 Å². The van der Waals surface area contributed by atoms with Crippen molar-refractivity contribution in [3.8, 4) is 0 Å². The molecular weight excluding hydrogens is 236 g/mol. The van der Waals surface area contributed by atoms with E-state index >= 15 is 0 Å². The Balaban J connectivity index is 2.11. The second-order valence-corrected chi connectivity index (χ2v) is 5.95. The number of nitrogens with two attached hydrogens (primary N) is 1. The van der Waals surface area contributed by atoms with Crippen molar-refractivity contribution in [3.05, 3.63) is 29.8 Å². The highest BCUT2D eigenvalue weighted by molar-refractivity contribution is 5.78. The molecule has 1 fully saturated rings. The summed E-state index contributed by atoms with van der Waals surface area (Å²) in [5.74, 6) is 1.18. The normalized spacial score (nSPS) is 26.9. The Morgan fingerprint density at radius 3 is 2.79 bits per heavy atom. The summed E-state index contributed by atoms with van der Waals surface area (Å²) < 4.78 is 0. The molecule has 1 saturated carbocycles. The Morgan fingerprint density at radius 1 is 1.32 bits per heavy atom. The largest absolute Gasteiger partial charge is 0.382 e. The minimum atomic E-state index is -0.278. The molecular formula is C16H24N2O. The van der Waals surface area contributed by atoms with Gasteiger partial charge in [-0.05, 0) is 36.3 Å². The van der Waals surface area contributed by atoms with E-state index in [9.17, 15) is 4.79 Å². The second kappa shape index (κ2) is 6.09. The highest BCUT2D eigenvalue weighted by Gasteiger charge is 2.25. The number of anilines is 1. The number of carbonyl (C=O) groups is 1. The van der Waals surface area contributed by atoms with Crippen LogP contribution in [-0.2, 0) is 11.2 Å². The predicted molar refractivity (Wildman–Crippen MR) is 78.9 cm³/mol. The Morgan fingerprint density at radius 2 is 2.05 bits per heavy atom. The van der Waals surface area contributed by atoms with Crippen LogP contribution in [-0.4, -0.2) is 11.9 Å². The molecule has 1 amide bonds. The van der Waals surface area contributed by atoms with E-state index in [1.165, 1.54) is 19.3 Å². The number of para-hydroxylation sites is 1. The molecule has 3 atom stereocenters. The summed E-state index contributed by atoms with van der Waals surface area (Å²) in [7, 11) is 0. The lowest BCUT2D eigenvalue weighted by Crippen LogP contribution is -2.34. The van der Waals surface area contributed by atoms with E-state index in [1.807, 2.05) is 24.3 Å². The van der Waals surface area contributed by atoms with Crippen molar-refractivity contribution in [1.29, 1.82) is 0 Å². The van der Waals surface area contributed by atoms with Gasteiger partial charge in [0.2, 0.25) is 5.91 Å². The summed E-state index contributed by atoms with van der Waals surface area (Å²) in [4.78, 5) is 11.1. The first kappa shape index (κ1) is 13.9. The van der Waals surface area contributed by atoms with Gasteiger partial charge in [0.25, 0.3) is 0 Å². The van der Waals surface area contributed by atoms with Crippen LogP contribution >= 0.6 is 0 Å². The van der Waals surface area contributed by atoms with Gasteiger partial charge in [-0.3, -0.25) is 4.79 Å². The van der Waals surface area contributed by atoms with Gasteiger partial charge in [-0.1, -0.05) is 38.5 Å². The zero-order valence-electron chi connectivity index (χ0n) is 11.9. The number of hydrogen-bond acceptors (Lipinski definition) is 2. The molecule has 3 N–H and O–H groups in total. The minimum Gasteiger partial charge on any atom is -0.382 e. The summed E-state index contributed by atoms with van der Waals surface area (Å²) in [6.07, 6.45) is 4.10. The molecule has 3 unspecified atom stereocenters. The smallest absolute Gasteiger partial charge is 0.221 e. The van der Waals surface area contributed by atoms with Crippen LogP contribution in [0.3, 0.4) is 0 Å². The number of hydrogen-bond donors (Lipinski definition) is 2. The fourth-order valence-electron chi connectivity index (χ4n) is 2.94. The van der Waals surface area contributed by atoms with Crippen LogP contribution in [0.15, 0.2) is 24.3 Å². The molecule has 0 spiro atoms. The molecule has 0 radical (unpaired) electrons. The molecule has 0 aromatic heterocycles. The quantitative estimate of drug-likeness (QED) is 0.874. The highest BCUT2D eigenvalue weighted by Crippen LogP contribution is 2.31. The van der Waals surface area contributed by atoms with Gasteiger partial charge in [-0.15, -0.1) is 0 Å². The molecule has 1 aliphatic carbocycles. The Labute approximate surface area is 115 Å². The number of primary amides is 1. The number of carbonyl (C=O) groups excluding carboxylic acids is 1. The number of benzene rings is 1. The van der Waals surface area contributed by atoms with Crippen LogP contribution in [0.2, 0.25) is 0 Å². The molecule has 104 valence electrons. The summed E-state index contributed by atoms with van der Waals surface area (Å²) in [6, 6.07) is 8.48. The van der Waals surface area contributed by atoms with Crippen molar-refractivity contribution in [2.24, 2.45) is 17.6 Å². The Bertz CT molecular complexity index is 444. The standard InChI is InChI=1S/C16H24N2O/c1-11-7-8-12(2)15(9-11)18-14-6-4-3-5-13(14)10-16(17)19/h3-6,11-12,15,18H,7-10H2,1-2H3,(H2,17,19). The van der Waals surface area contributed by atoms with E-state index < -0.39 is 0 Å². The van der Waals surface area contributed by atoms with Gasteiger partial charge in [0.15, 0.2) is 0 Å². The zero-order chi connectivity index (χ0) is 13.8. The van der Waals surface area contributed by atoms with Crippen LogP contribution in [0.5, 0.6) is 0 Å². The second-order valence-electron chi connectivity index (χ2n) is 5.95. The van der Waals surface area contributed by atoms with Crippen molar-refractivity contribution in [2.75, 3.05) is 5.32 Å². The fourth-order valence-corrected chi connectivity index (χ4v) is 2.94. The van der Waals surface area contributed by atoms with Crippen LogP contribution in [0.1, 0.15) is 38.7 Å². The Hall–Kier alpha value is -1.51. The molecule has 0 heterocycles. The molecule has 1 aromatic rings. The summed E-state index contributed by atoms with van der Waals surface area (Å²) in [5, 5.41) is 3.63. The first-order chi connectivity index (χ1) is 9.06.